The number of rotatable bonds is 5. The third-order valence-corrected chi connectivity index (χ3v) is 5.34. The van der Waals surface area contributed by atoms with E-state index in [0.717, 1.165) is 0 Å². The molecule has 0 radical (unpaired) electrons. The van der Waals surface area contributed by atoms with Crippen LogP contribution in [-0.4, -0.2) is 46.1 Å². The minimum Gasteiger partial charge on any atom is -0.394 e. The summed E-state index contributed by atoms with van der Waals surface area (Å²) in [5.74, 6) is -1.93. The van der Waals surface area contributed by atoms with Crippen LogP contribution >= 0.6 is 11.3 Å². The lowest BCUT2D eigenvalue weighted by Gasteiger charge is -2.19. The molecule has 9 heteroatoms. The highest BCUT2D eigenvalue weighted by Crippen LogP contribution is 2.27. The number of carbonyl (C=O) groups is 4. The number of amides is 2. The van der Waals surface area contributed by atoms with Gasteiger partial charge in [0, 0.05) is 39.4 Å². The Hall–Kier alpha value is -3.69. The van der Waals surface area contributed by atoms with E-state index in [-0.39, 0.29) is 33.8 Å². The molecule has 4 rings (SSSR count). The van der Waals surface area contributed by atoms with Crippen molar-refractivity contribution in [2.24, 2.45) is 0 Å². The molecule has 1 aliphatic rings. The van der Waals surface area contributed by atoms with Crippen molar-refractivity contribution in [3.63, 3.8) is 0 Å². The first-order chi connectivity index (χ1) is 14.5. The van der Waals surface area contributed by atoms with E-state index in [2.05, 4.69) is 15.6 Å². The Bertz CT molecular complexity index is 1170. The summed E-state index contributed by atoms with van der Waals surface area (Å²) in [6.07, 6.45) is 1.51. The molecule has 8 nitrogen and oxygen atoms in total. The number of hydrogen-bond acceptors (Lipinski definition) is 7. The summed E-state index contributed by atoms with van der Waals surface area (Å²) in [4.78, 5) is 54.3. The molecule has 0 fully saturated rings. The van der Waals surface area contributed by atoms with Gasteiger partial charge >= 0.3 is 0 Å². The third-order valence-electron chi connectivity index (χ3n) is 4.65. The summed E-state index contributed by atoms with van der Waals surface area (Å²) in [5.41, 5.74) is 1.04. The van der Waals surface area contributed by atoms with Crippen molar-refractivity contribution in [2.45, 2.75) is 6.04 Å². The van der Waals surface area contributed by atoms with Gasteiger partial charge in [-0.05, 0) is 18.2 Å². The average Bonchev–Trinajstić information content (AvgIpc) is 3.28. The molecule has 1 heterocycles. The van der Waals surface area contributed by atoms with Crippen LogP contribution in [0.4, 0.5) is 5.13 Å². The van der Waals surface area contributed by atoms with Crippen molar-refractivity contribution in [3.8, 4) is 0 Å². The molecule has 30 heavy (non-hydrogen) atoms. The lowest BCUT2D eigenvalue weighted by atomic mass is 9.83. The summed E-state index contributed by atoms with van der Waals surface area (Å²) >= 11 is 1.20. The van der Waals surface area contributed by atoms with E-state index >= 15 is 0 Å². The van der Waals surface area contributed by atoms with E-state index in [9.17, 15) is 24.3 Å². The molecule has 0 bridgehead atoms. The number of fused-ring (bicyclic) bond motifs is 2. The van der Waals surface area contributed by atoms with Crippen molar-refractivity contribution in [1.82, 2.24) is 10.3 Å². The number of aliphatic hydroxyl groups excluding tert-OH is 1. The molecule has 2 amide bonds. The molecular weight excluding hydrogens is 406 g/mol. The van der Waals surface area contributed by atoms with E-state index in [0.29, 0.717) is 10.7 Å². The molecule has 0 saturated heterocycles. The fourth-order valence-electron chi connectivity index (χ4n) is 3.15. The standard InChI is InChI=1S/C21H15N3O5S/c25-10-16(20(29)24-21-22-7-8-30-21)23-19(28)11-5-6-14-15(9-11)18(27)13-4-2-1-3-12(13)17(14)26/h1-9,16,25H,10H2,(H,23,28)(H,22,24,29)/t16-/m0/s1. The van der Waals surface area contributed by atoms with Crippen molar-refractivity contribution in [1.29, 1.82) is 0 Å². The molecule has 1 atom stereocenters. The number of nitrogens with zero attached hydrogens (tertiary/aromatic N) is 1. The molecule has 0 aliphatic heterocycles. The Balaban J connectivity index is 1.56. The Morgan fingerprint density at radius 3 is 2.30 bits per heavy atom. The first-order valence-electron chi connectivity index (χ1n) is 8.94. The van der Waals surface area contributed by atoms with Crippen LogP contribution in [-0.2, 0) is 4.79 Å². The van der Waals surface area contributed by atoms with Gasteiger partial charge < -0.3 is 15.7 Å². The van der Waals surface area contributed by atoms with Crippen molar-refractivity contribution in [2.75, 3.05) is 11.9 Å². The predicted octanol–water partition coefficient (Wildman–Crippen LogP) is 1.65. The lowest BCUT2D eigenvalue weighted by Crippen LogP contribution is -2.46. The zero-order chi connectivity index (χ0) is 21.3. The lowest BCUT2D eigenvalue weighted by molar-refractivity contribution is -0.118. The van der Waals surface area contributed by atoms with Gasteiger partial charge in [0.15, 0.2) is 16.7 Å². The molecule has 0 unspecified atom stereocenters. The van der Waals surface area contributed by atoms with Gasteiger partial charge in [-0.25, -0.2) is 4.98 Å². The average molecular weight is 421 g/mol. The number of carbonyl (C=O) groups excluding carboxylic acids is 4. The molecule has 0 spiro atoms. The number of thiazole rings is 1. The quantitative estimate of drug-likeness (QED) is 0.450. The number of anilines is 1. The maximum absolute atomic E-state index is 12.8. The second-order valence-corrected chi connectivity index (χ2v) is 7.39. The monoisotopic (exact) mass is 421 g/mol. The molecule has 0 saturated carbocycles. The zero-order valence-electron chi connectivity index (χ0n) is 15.4. The second-order valence-electron chi connectivity index (χ2n) is 6.50. The number of ketones is 2. The Morgan fingerprint density at radius 1 is 1.00 bits per heavy atom. The molecule has 3 aromatic rings. The topological polar surface area (TPSA) is 125 Å². The minimum absolute atomic E-state index is 0.0924. The highest BCUT2D eigenvalue weighted by atomic mass is 32.1. The summed E-state index contributed by atoms with van der Waals surface area (Å²) in [5, 5.41) is 16.4. The van der Waals surface area contributed by atoms with Gasteiger partial charge in [0.2, 0.25) is 0 Å². The molecular formula is C21H15N3O5S. The minimum atomic E-state index is -1.21. The summed E-state index contributed by atoms with van der Waals surface area (Å²) < 4.78 is 0. The van der Waals surface area contributed by atoms with Gasteiger partial charge in [-0.2, -0.15) is 0 Å². The van der Waals surface area contributed by atoms with Crippen LogP contribution in [0.5, 0.6) is 0 Å². The van der Waals surface area contributed by atoms with Gasteiger partial charge in [-0.1, -0.05) is 24.3 Å². The molecule has 1 aromatic heterocycles. The van der Waals surface area contributed by atoms with Crippen LogP contribution in [0.15, 0.2) is 54.0 Å². The fraction of sp³-hybridized carbons (Fsp3) is 0.0952. The first kappa shape index (κ1) is 19.6. The molecule has 150 valence electrons. The Morgan fingerprint density at radius 2 is 1.67 bits per heavy atom. The van der Waals surface area contributed by atoms with E-state index in [1.165, 1.54) is 35.7 Å². The molecule has 3 N–H and O–H groups in total. The molecule has 2 aromatic carbocycles. The van der Waals surface area contributed by atoms with Crippen LogP contribution < -0.4 is 10.6 Å². The number of aromatic nitrogens is 1. The number of aliphatic hydroxyl groups is 1. The van der Waals surface area contributed by atoms with E-state index in [4.69, 9.17) is 0 Å². The Labute approximate surface area is 174 Å². The number of nitrogens with one attached hydrogen (secondary N) is 2. The van der Waals surface area contributed by atoms with Crippen molar-refractivity contribution < 1.29 is 24.3 Å². The van der Waals surface area contributed by atoms with Crippen LogP contribution in [0.1, 0.15) is 42.2 Å². The smallest absolute Gasteiger partial charge is 0.252 e. The number of hydrogen-bond donors (Lipinski definition) is 3. The van der Waals surface area contributed by atoms with Crippen molar-refractivity contribution >= 4 is 39.8 Å². The zero-order valence-corrected chi connectivity index (χ0v) is 16.2. The van der Waals surface area contributed by atoms with Crippen molar-refractivity contribution in [3.05, 3.63) is 81.9 Å². The van der Waals surface area contributed by atoms with E-state index < -0.39 is 24.5 Å². The fourth-order valence-corrected chi connectivity index (χ4v) is 3.69. The number of benzene rings is 2. The Kier molecular flexibility index (Phi) is 5.21. The van der Waals surface area contributed by atoms with E-state index in [1.807, 2.05) is 0 Å². The van der Waals surface area contributed by atoms with Crippen LogP contribution in [0, 0.1) is 0 Å². The van der Waals surface area contributed by atoms with Gasteiger partial charge in [0.1, 0.15) is 6.04 Å². The van der Waals surface area contributed by atoms with Gasteiger partial charge in [0.05, 0.1) is 6.61 Å². The molecule has 1 aliphatic carbocycles. The maximum atomic E-state index is 12.8. The van der Waals surface area contributed by atoms with Gasteiger partial charge in [-0.15, -0.1) is 11.3 Å². The summed E-state index contributed by atoms with van der Waals surface area (Å²) in [6, 6.07) is 9.44. The van der Waals surface area contributed by atoms with Crippen LogP contribution in [0.2, 0.25) is 0 Å². The highest BCUT2D eigenvalue weighted by Gasteiger charge is 2.30. The van der Waals surface area contributed by atoms with E-state index in [1.54, 1.807) is 29.6 Å². The SMILES string of the molecule is O=C(N[C@@H](CO)C(=O)Nc1nccs1)c1ccc2c(c1)C(=O)c1ccccc1C2=O. The maximum Gasteiger partial charge on any atom is 0.252 e. The van der Waals surface area contributed by atoms with Gasteiger partial charge in [-0.3, -0.25) is 19.2 Å². The summed E-state index contributed by atoms with van der Waals surface area (Å²) in [7, 11) is 0. The van der Waals surface area contributed by atoms with Crippen LogP contribution in [0.25, 0.3) is 0 Å². The predicted molar refractivity (Wildman–Crippen MR) is 109 cm³/mol. The summed E-state index contributed by atoms with van der Waals surface area (Å²) in [6.45, 7) is -0.626. The third kappa shape index (κ3) is 3.51. The highest BCUT2D eigenvalue weighted by molar-refractivity contribution is 7.13. The normalized spacial score (nSPS) is 13.2. The van der Waals surface area contributed by atoms with Gasteiger partial charge in [0.25, 0.3) is 11.8 Å². The first-order valence-corrected chi connectivity index (χ1v) is 9.82. The van der Waals surface area contributed by atoms with Crippen LogP contribution in [0.3, 0.4) is 0 Å². The largest absolute Gasteiger partial charge is 0.394 e. The second kappa shape index (κ2) is 7.97.